The average Bonchev–Trinajstić information content (AvgIpc) is 2.17. The van der Waals surface area contributed by atoms with E-state index < -0.39 is 6.63 Å². The third-order valence-electron chi connectivity index (χ3n) is 1.74. The summed E-state index contributed by atoms with van der Waals surface area (Å²) in [5.41, 5.74) is 1.39. The largest absolute Gasteiger partial charge is 0.476 e. The molecule has 3 nitrogen and oxygen atoms in total. The monoisotopic (exact) mass is 266 g/mol. The minimum Gasteiger partial charge on any atom is -0.476 e. The number of aliphatic hydroxyl groups excluding tert-OH is 1. The molecule has 1 rings (SSSR count). The maximum Gasteiger partial charge on any atom is 0.355 e. The summed E-state index contributed by atoms with van der Waals surface area (Å²) in [6.07, 6.45) is 3.56. The standard InChI is InChI=1S/C9H10Cl2NO2P/c1-7-4-3-5-12(6-7)8(15(10)11)9(13)14-2/h3-6H,1-2H3/p+1/b9-8-. The second-order valence-electron chi connectivity index (χ2n) is 2.85. The summed E-state index contributed by atoms with van der Waals surface area (Å²) < 4.78 is 6.38. The van der Waals surface area contributed by atoms with Crippen LogP contribution in [0.2, 0.25) is 0 Å². The molecule has 82 valence electrons. The molecule has 0 atom stereocenters. The fourth-order valence-corrected chi connectivity index (χ4v) is 2.58. The number of hydrogen-bond donors (Lipinski definition) is 1. The van der Waals surface area contributed by atoms with E-state index in [1.54, 1.807) is 10.8 Å². The Morgan fingerprint density at radius 3 is 2.67 bits per heavy atom. The number of aryl methyl sites for hydroxylation is 1. The van der Waals surface area contributed by atoms with Crippen molar-refractivity contribution in [3.05, 3.63) is 36.0 Å². The summed E-state index contributed by atoms with van der Waals surface area (Å²) in [6.45, 7) is 0.447. The van der Waals surface area contributed by atoms with Crippen molar-refractivity contribution in [3.8, 4) is 0 Å². The SMILES string of the molecule is CO/C(O)=C(/[n+]1cccc(C)c1)P(Cl)Cl. The second kappa shape index (κ2) is 5.55. The van der Waals surface area contributed by atoms with E-state index in [0.29, 0.717) is 5.44 Å². The average molecular weight is 267 g/mol. The smallest absolute Gasteiger partial charge is 0.355 e. The van der Waals surface area contributed by atoms with Crippen LogP contribution in [-0.2, 0) is 4.74 Å². The zero-order chi connectivity index (χ0) is 11.4. The van der Waals surface area contributed by atoms with Crippen molar-refractivity contribution in [1.29, 1.82) is 0 Å². The Kier molecular flexibility index (Phi) is 4.65. The van der Waals surface area contributed by atoms with E-state index in [4.69, 9.17) is 27.2 Å². The molecule has 0 aliphatic rings. The molecule has 0 aliphatic carbocycles. The number of hydrogen-bond acceptors (Lipinski definition) is 2. The second-order valence-corrected chi connectivity index (χ2v) is 6.29. The zero-order valence-corrected chi connectivity index (χ0v) is 10.7. The zero-order valence-electron chi connectivity index (χ0n) is 8.32. The molecule has 1 aromatic rings. The number of halogens is 2. The molecule has 0 unspecified atom stereocenters. The van der Waals surface area contributed by atoms with E-state index in [2.05, 4.69) is 0 Å². The Bertz CT molecular complexity index is 382. The number of ether oxygens (including phenoxy) is 1. The van der Waals surface area contributed by atoms with Gasteiger partial charge in [-0.15, -0.1) is 0 Å². The molecule has 0 saturated heterocycles. The lowest BCUT2D eigenvalue weighted by molar-refractivity contribution is -0.576. The number of rotatable bonds is 3. The minimum atomic E-state index is -1.49. The first-order valence-corrected chi connectivity index (χ1v) is 7.28. The predicted molar refractivity (Wildman–Crippen MR) is 62.9 cm³/mol. The summed E-state index contributed by atoms with van der Waals surface area (Å²) >= 11 is 11.6. The van der Waals surface area contributed by atoms with E-state index in [1.165, 1.54) is 7.11 Å². The van der Waals surface area contributed by atoms with Crippen molar-refractivity contribution < 1.29 is 14.4 Å². The van der Waals surface area contributed by atoms with Crippen molar-refractivity contribution in [3.63, 3.8) is 0 Å². The molecule has 1 aromatic heterocycles. The van der Waals surface area contributed by atoms with Crippen LogP contribution in [0, 0.1) is 6.92 Å². The highest BCUT2D eigenvalue weighted by atomic mass is 35.9. The van der Waals surface area contributed by atoms with Crippen LogP contribution in [0.3, 0.4) is 0 Å². The lowest BCUT2D eigenvalue weighted by atomic mass is 10.3. The number of aliphatic hydroxyl groups is 1. The first-order valence-electron chi connectivity index (χ1n) is 4.13. The fraction of sp³-hybridized carbons (Fsp3) is 0.222. The molecule has 0 saturated carbocycles. The highest BCUT2D eigenvalue weighted by Crippen LogP contribution is 2.55. The number of nitrogens with zero attached hydrogens (tertiary/aromatic N) is 1. The lowest BCUT2D eigenvalue weighted by Gasteiger charge is -2.04. The van der Waals surface area contributed by atoms with Gasteiger partial charge in [-0.25, -0.2) is 0 Å². The molecule has 0 radical (unpaired) electrons. The Morgan fingerprint density at radius 2 is 2.20 bits per heavy atom. The third-order valence-corrected chi connectivity index (χ3v) is 3.44. The summed E-state index contributed by atoms with van der Waals surface area (Å²) in [7, 11) is 1.36. The molecule has 6 heteroatoms. The minimum absolute atomic E-state index is 0.262. The van der Waals surface area contributed by atoms with Gasteiger partial charge in [-0.3, -0.25) is 0 Å². The number of methoxy groups -OCH3 is 1. The molecular formula is C9H11Cl2NO2P+. The molecule has 0 spiro atoms. The van der Waals surface area contributed by atoms with Gasteiger partial charge in [0, 0.05) is 11.6 Å². The van der Waals surface area contributed by atoms with Crippen LogP contribution in [0.25, 0.3) is 5.44 Å². The molecular weight excluding hydrogens is 256 g/mol. The summed E-state index contributed by atoms with van der Waals surface area (Å²) in [6, 6.07) is 3.77. The van der Waals surface area contributed by atoms with Crippen LogP contribution in [-0.4, -0.2) is 12.2 Å². The summed E-state index contributed by atoms with van der Waals surface area (Å²) in [5, 5.41) is 9.52. The molecule has 0 aliphatic heterocycles. The summed E-state index contributed by atoms with van der Waals surface area (Å²) in [5.74, 6) is -0.262. The van der Waals surface area contributed by atoms with Crippen LogP contribution in [0.5, 0.6) is 0 Å². The molecule has 0 amide bonds. The fourth-order valence-electron chi connectivity index (χ4n) is 1.09. The van der Waals surface area contributed by atoms with Crippen molar-refractivity contribution in [2.24, 2.45) is 0 Å². The summed E-state index contributed by atoms with van der Waals surface area (Å²) in [4.78, 5) is 0. The lowest BCUT2D eigenvalue weighted by Crippen LogP contribution is -2.31. The molecule has 0 bridgehead atoms. The Morgan fingerprint density at radius 1 is 1.53 bits per heavy atom. The van der Waals surface area contributed by atoms with E-state index >= 15 is 0 Å². The van der Waals surface area contributed by atoms with Crippen LogP contribution >= 0.6 is 29.1 Å². The van der Waals surface area contributed by atoms with E-state index in [0.717, 1.165) is 5.56 Å². The van der Waals surface area contributed by atoms with Gasteiger partial charge in [0.05, 0.1) is 7.11 Å². The normalized spacial score (nSPS) is 12.6. The van der Waals surface area contributed by atoms with E-state index in [-0.39, 0.29) is 5.95 Å². The molecule has 1 N–H and O–H groups in total. The van der Waals surface area contributed by atoms with Crippen molar-refractivity contribution in [1.82, 2.24) is 0 Å². The third kappa shape index (κ3) is 3.23. The van der Waals surface area contributed by atoms with Crippen molar-refractivity contribution in [2.45, 2.75) is 6.92 Å². The van der Waals surface area contributed by atoms with E-state index in [1.807, 2.05) is 25.3 Å². The number of aromatic nitrogens is 1. The molecule has 0 aromatic carbocycles. The van der Waals surface area contributed by atoms with Crippen LogP contribution in [0.1, 0.15) is 5.56 Å². The van der Waals surface area contributed by atoms with Crippen LogP contribution in [0.15, 0.2) is 30.5 Å². The first-order chi connectivity index (χ1) is 7.06. The predicted octanol–water partition coefficient (Wildman–Crippen LogP) is 3.36. The number of pyridine rings is 1. The van der Waals surface area contributed by atoms with Crippen molar-refractivity contribution in [2.75, 3.05) is 7.11 Å². The van der Waals surface area contributed by atoms with Gasteiger partial charge < -0.3 is 9.84 Å². The van der Waals surface area contributed by atoms with Gasteiger partial charge in [0.25, 0.3) is 0 Å². The molecule has 1 heterocycles. The maximum absolute atomic E-state index is 9.52. The van der Waals surface area contributed by atoms with E-state index in [9.17, 15) is 5.11 Å². The van der Waals surface area contributed by atoms with Crippen molar-refractivity contribution >= 4 is 34.5 Å². The van der Waals surface area contributed by atoms with Gasteiger partial charge in [-0.2, -0.15) is 4.57 Å². The molecule has 15 heavy (non-hydrogen) atoms. The quantitative estimate of drug-likeness (QED) is 0.517. The van der Waals surface area contributed by atoms with Gasteiger partial charge >= 0.3 is 11.4 Å². The van der Waals surface area contributed by atoms with Gasteiger partial charge in [0.1, 0.15) is 0 Å². The van der Waals surface area contributed by atoms with Gasteiger partial charge in [-0.05, 0) is 13.0 Å². The van der Waals surface area contributed by atoms with Crippen LogP contribution < -0.4 is 4.57 Å². The first kappa shape index (κ1) is 12.6. The van der Waals surface area contributed by atoms with Crippen LogP contribution in [0.4, 0.5) is 0 Å². The Labute approximate surface area is 99.2 Å². The highest BCUT2D eigenvalue weighted by Gasteiger charge is 2.26. The van der Waals surface area contributed by atoms with Gasteiger partial charge in [-0.1, -0.05) is 22.5 Å². The van der Waals surface area contributed by atoms with Gasteiger partial charge in [0.15, 0.2) is 19.0 Å². The maximum atomic E-state index is 9.52. The topological polar surface area (TPSA) is 33.3 Å². The Hall–Kier alpha value is -0.500. The van der Waals surface area contributed by atoms with Gasteiger partial charge in [0.2, 0.25) is 0 Å². The Balaban J connectivity index is 3.22. The molecule has 0 fully saturated rings. The highest BCUT2D eigenvalue weighted by molar-refractivity contribution is 8.10.